The molecule has 0 fully saturated rings. The summed E-state index contributed by atoms with van der Waals surface area (Å²) in [7, 11) is 0. The van der Waals surface area contributed by atoms with Crippen LogP contribution < -0.4 is 24.0 Å². The van der Waals surface area contributed by atoms with Crippen LogP contribution in [0, 0.1) is 12.8 Å². The summed E-state index contributed by atoms with van der Waals surface area (Å²) in [5.41, 5.74) is 1.16. The third kappa shape index (κ3) is 11.0. The molecule has 11 heavy (non-hydrogen) atoms. The zero-order valence-electron chi connectivity index (χ0n) is 7.28. The molecule has 0 saturated carbocycles. The first-order valence-electron chi connectivity index (χ1n) is 3.28. The van der Waals surface area contributed by atoms with Crippen LogP contribution in [-0.2, 0) is 0 Å². The van der Waals surface area contributed by atoms with Gasteiger partial charge in [0, 0.05) is 0 Å². The van der Waals surface area contributed by atoms with Crippen LogP contribution in [0.25, 0.3) is 0 Å². The summed E-state index contributed by atoms with van der Waals surface area (Å²) < 4.78 is 0. The molecule has 0 N–H and O–H groups in total. The summed E-state index contributed by atoms with van der Waals surface area (Å²) in [6.07, 6.45) is 4.04. The van der Waals surface area contributed by atoms with Gasteiger partial charge in [0.2, 0.25) is 0 Å². The molecule has 0 heterocycles. The van der Waals surface area contributed by atoms with Gasteiger partial charge < -0.3 is 30.9 Å². The predicted octanol–water partition coefficient (Wildman–Crippen LogP) is -0.398. The normalized spacial score (nSPS) is 10.4. The topological polar surface area (TPSA) is 0 Å². The molecule has 0 nitrogen and oxygen atoms in total. The van der Waals surface area contributed by atoms with E-state index in [-0.39, 0.29) is 47.0 Å². The molecule has 1 atom stereocenters. The number of allylic oxidation sites excluding steroid dienone is 2. The molecular formula is C9H15IMg. The molecule has 0 aromatic carbocycles. The molecule has 0 aromatic heterocycles. The Hall–Kier alpha value is 0.976. The molecule has 0 radical (unpaired) electrons. The van der Waals surface area contributed by atoms with Crippen molar-refractivity contribution < 1.29 is 24.0 Å². The van der Waals surface area contributed by atoms with Crippen LogP contribution in [0.3, 0.4) is 0 Å². The molecule has 1 unspecified atom stereocenters. The van der Waals surface area contributed by atoms with E-state index in [1.165, 1.54) is 0 Å². The average molecular weight is 274 g/mol. The second-order valence-electron chi connectivity index (χ2n) is 2.41. The van der Waals surface area contributed by atoms with Gasteiger partial charge in [-0.15, -0.1) is 24.6 Å². The van der Waals surface area contributed by atoms with Gasteiger partial charge in [0.15, 0.2) is 0 Å². The standard InChI is InChI=1S/C9H15.HI.Mg/c1-5-6-7-9(4)8(2)3;;/h5,9H,1-2,4,6-7H2,3H3;1H;/q-1;;+2/p-1. The van der Waals surface area contributed by atoms with Crippen molar-refractivity contribution in [2.75, 3.05) is 0 Å². The summed E-state index contributed by atoms with van der Waals surface area (Å²) in [5, 5.41) is 0. The third-order valence-electron chi connectivity index (χ3n) is 1.42. The third-order valence-corrected chi connectivity index (χ3v) is 1.42. The van der Waals surface area contributed by atoms with Crippen LogP contribution in [0.1, 0.15) is 19.8 Å². The molecule has 0 aliphatic heterocycles. The largest absolute Gasteiger partial charge is 2.00 e. The summed E-state index contributed by atoms with van der Waals surface area (Å²) >= 11 is 0. The molecule has 0 rings (SSSR count). The van der Waals surface area contributed by atoms with Gasteiger partial charge in [-0.1, -0.05) is 12.5 Å². The number of hydrogen-bond donors (Lipinski definition) is 0. The maximum absolute atomic E-state index is 3.93. The fourth-order valence-electron chi connectivity index (χ4n) is 0.565. The first-order chi connectivity index (χ1) is 4.18. The first-order valence-corrected chi connectivity index (χ1v) is 3.28. The van der Waals surface area contributed by atoms with Crippen molar-refractivity contribution >= 4 is 23.1 Å². The Labute approximate surface area is 104 Å². The molecule has 2 heteroatoms. The first kappa shape index (κ1) is 17.9. The van der Waals surface area contributed by atoms with Gasteiger partial charge in [0.1, 0.15) is 0 Å². The number of halogens is 1. The smallest absolute Gasteiger partial charge is 1.00 e. The quantitative estimate of drug-likeness (QED) is 0.283. The van der Waals surface area contributed by atoms with E-state index in [9.17, 15) is 0 Å². The van der Waals surface area contributed by atoms with Crippen LogP contribution in [0.5, 0.6) is 0 Å². The minimum absolute atomic E-state index is 0. The minimum atomic E-state index is 0. The van der Waals surface area contributed by atoms with E-state index in [0.29, 0.717) is 5.92 Å². The van der Waals surface area contributed by atoms with E-state index in [0.717, 1.165) is 18.4 Å². The Morgan fingerprint density at radius 1 is 1.64 bits per heavy atom. The van der Waals surface area contributed by atoms with Gasteiger partial charge in [-0.2, -0.15) is 0 Å². The molecule has 60 valence electrons. The van der Waals surface area contributed by atoms with Crippen molar-refractivity contribution in [1.29, 1.82) is 0 Å². The molecule has 0 saturated heterocycles. The molecule has 0 aliphatic rings. The van der Waals surface area contributed by atoms with Gasteiger partial charge in [0.05, 0.1) is 0 Å². The number of rotatable bonds is 4. The Morgan fingerprint density at radius 2 is 2.09 bits per heavy atom. The predicted molar refractivity (Wildman–Crippen MR) is 48.8 cm³/mol. The van der Waals surface area contributed by atoms with Gasteiger partial charge in [-0.25, -0.2) is 0 Å². The molecular weight excluding hydrogens is 259 g/mol. The molecule has 0 spiro atoms. The van der Waals surface area contributed by atoms with Crippen molar-refractivity contribution in [3.05, 3.63) is 31.7 Å². The Bertz CT molecular complexity index is 110. The second kappa shape index (κ2) is 11.0. The van der Waals surface area contributed by atoms with Crippen LogP contribution in [0.4, 0.5) is 0 Å². The van der Waals surface area contributed by atoms with Crippen LogP contribution >= 0.6 is 0 Å². The summed E-state index contributed by atoms with van der Waals surface area (Å²) in [6.45, 7) is 13.4. The monoisotopic (exact) mass is 274 g/mol. The SMILES string of the molecule is C=CCCC([CH2-])C(=C)C.[I-].[Mg+2]. The Balaban J connectivity index is -0.000000320. The fraction of sp³-hybridized carbons (Fsp3) is 0.444. The Morgan fingerprint density at radius 3 is 2.36 bits per heavy atom. The Kier molecular flexibility index (Phi) is 17.9. The second-order valence-corrected chi connectivity index (χ2v) is 2.41. The van der Waals surface area contributed by atoms with Gasteiger partial charge >= 0.3 is 23.1 Å². The van der Waals surface area contributed by atoms with E-state index in [1.54, 1.807) is 0 Å². The van der Waals surface area contributed by atoms with Crippen LogP contribution in [-0.4, -0.2) is 23.1 Å². The molecule has 0 amide bonds. The van der Waals surface area contributed by atoms with Crippen molar-refractivity contribution in [3.8, 4) is 0 Å². The number of hydrogen-bond acceptors (Lipinski definition) is 0. The fourth-order valence-corrected chi connectivity index (χ4v) is 0.565. The van der Waals surface area contributed by atoms with Gasteiger partial charge in [-0.3, -0.25) is 0 Å². The average Bonchev–Trinajstić information content (AvgIpc) is 1.82. The minimum Gasteiger partial charge on any atom is -1.00 e. The maximum atomic E-state index is 3.93. The van der Waals surface area contributed by atoms with Crippen molar-refractivity contribution in [1.82, 2.24) is 0 Å². The van der Waals surface area contributed by atoms with E-state index >= 15 is 0 Å². The summed E-state index contributed by atoms with van der Waals surface area (Å²) in [5.74, 6) is 0.406. The van der Waals surface area contributed by atoms with E-state index in [4.69, 9.17) is 0 Å². The van der Waals surface area contributed by atoms with Gasteiger partial charge in [-0.05, 0) is 13.3 Å². The van der Waals surface area contributed by atoms with Crippen LogP contribution in [0.15, 0.2) is 24.8 Å². The van der Waals surface area contributed by atoms with Crippen molar-refractivity contribution in [2.45, 2.75) is 19.8 Å². The van der Waals surface area contributed by atoms with E-state index in [1.807, 2.05) is 13.0 Å². The van der Waals surface area contributed by atoms with Gasteiger partial charge in [0.25, 0.3) is 0 Å². The van der Waals surface area contributed by atoms with Crippen molar-refractivity contribution in [2.24, 2.45) is 5.92 Å². The molecule has 0 bridgehead atoms. The summed E-state index contributed by atoms with van der Waals surface area (Å²) in [6, 6.07) is 0. The maximum Gasteiger partial charge on any atom is 2.00 e. The zero-order valence-corrected chi connectivity index (χ0v) is 10.8. The van der Waals surface area contributed by atoms with Crippen molar-refractivity contribution in [3.63, 3.8) is 0 Å². The zero-order chi connectivity index (χ0) is 7.28. The summed E-state index contributed by atoms with van der Waals surface area (Å²) in [4.78, 5) is 0. The molecule has 0 aliphatic carbocycles. The van der Waals surface area contributed by atoms with E-state index < -0.39 is 0 Å². The molecule has 0 aromatic rings. The van der Waals surface area contributed by atoms with E-state index in [2.05, 4.69) is 20.1 Å². The van der Waals surface area contributed by atoms with Crippen LogP contribution in [0.2, 0.25) is 0 Å².